The van der Waals surface area contributed by atoms with Gasteiger partial charge in [0.05, 0.1) is 10.0 Å². The van der Waals surface area contributed by atoms with E-state index in [1.807, 2.05) is 0 Å². The Morgan fingerprint density at radius 3 is 2.55 bits per heavy atom. The van der Waals surface area contributed by atoms with Gasteiger partial charge in [0.1, 0.15) is 5.69 Å². The van der Waals surface area contributed by atoms with Gasteiger partial charge in [-0.2, -0.15) is 0 Å². The number of halogens is 2. The van der Waals surface area contributed by atoms with Gasteiger partial charge < -0.3 is 4.74 Å². The van der Waals surface area contributed by atoms with Crippen LogP contribution in [0.3, 0.4) is 0 Å². The molecule has 2 aromatic rings. The minimum absolute atomic E-state index is 0.148. The highest BCUT2D eigenvalue weighted by Gasteiger charge is 2.13. The van der Waals surface area contributed by atoms with E-state index in [0.717, 1.165) is 0 Å². The van der Waals surface area contributed by atoms with Crippen molar-refractivity contribution in [2.75, 3.05) is 6.61 Å². The van der Waals surface area contributed by atoms with Crippen LogP contribution in [-0.4, -0.2) is 23.3 Å². The lowest BCUT2D eigenvalue weighted by atomic mass is 10.1. The van der Waals surface area contributed by atoms with E-state index in [9.17, 15) is 9.59 Å². The molecule has 20 heavy (non-hydrogen) atoms. The number of rotatable bonds is 4. The number of nitrogens with zero attached hydrogens (tertiary/aromatic N) is 1. The molecule has 102 valence electrons. The Hall–Kier alpha value is -1.91. The van der Waals surface area contributed by atoms with Gasteiger partial charge in [0, 0.05) is 11.8 Å². The highest BCUT2D eigenvalue weighted by Crippen LogP contribution is 2.22. The molecule has 0 aliphatic carbocycles. The van der Waals surface area contributed by atoms with E-state index in [1.54, 1.807) is 12.1 Å². The lowest BCUT2D eigenvalue weighted by molar-refractivity contribution is 0.0469. The third-order valence-corrected chi connectivity index (χ3v) is 3.19. The summed E-state index contributed by atoms with van der Waals surface area (Å²) in [6.07, 6.45) is 1.47. The zero-order valence-corrected chi connectivity index (χ0v) is 11.7. The van der Waals surface area contributed by atoms with E-state index >= 15 is 0 Å². The molecule has 0 N–H and O–H groups in total. The molecule has 4 nitrogen and oxygen atoms in total. The van der Waals surface area contributed by atoms with Gasteiger partial charge in [0.25, 0.3) is 0 Å². The molecular formula is C14H9Cl2NO3. The molecule has 0 saturated carbocycles. The molecular weight excluding hydrogens is 301 g/mol. The van der Waals surface area contributed by atoms with Gasteiger partial charge in [0.15, 0.2) is 12.4 Å². The average Bonchev–Trinajstić information content (AvgIpc) is 2.48. The fraction of sp³-hybridized carbons (Fsp3) is 0.0714. The van der Waals surface area contributed by atoms with Crippen LogP contribution in [0.25, 0.3) is 0 Å². The van der Waals surface area contributed by atoms with Crippen molar-refractivity contribution in [2.24, 2.45) is 0 Å². The summed E-state index contributed by atoms with van der Waals surface area (Å²) in [5.41, 5.74) is 0.475. The van der Waals surface area contributed by atoms with Gasteiger partial charge in [-0.25, -0.2) is 9.78 Å². The predicted molar refractivity (Wildman–Crippen MR) is 75.3 cm³/mol. The molecule has 0 fully saturated rings. The summed E-state index contributed by atoms with van der Waals surface area (Å²) < 4.78 is 4.89. The fourth-order valence-corrected chi connectivity index (χ4v) is 1.74. The summed E-state index contributed by atoms with van der Waals surface area (Å²) in [5.74, 6) is -1.02. The van der Waals surface area contributed by atoms with E-state index in [0.29, 0.717) is 10.6 Å². The Morgan fingerprint density at radius 2 is 1.90 bits per heavy atom. The third-order valence-electron chi connectivity index (χ3n) is 2.45. The van der Waals surface area contributed by atoms with Crippen LogP contribution < -0.4 is 0 Å². The van der Waals surface area contributed by atoms with Gasteiger partial charge in [0.2, 0.25) is 0 Å². The van der Waals surface area contributed by atoms with E-state index in [4.69, 9.17) is 27.9 Å². The highest BCUT2D eigenvalue weighted by atomic mass is 35.5. The number of Topliss-reactive ketones (excluding diaryl/α,β-unsaturated/α-hetero) is 1. The molecule has 1 heterocycles. The van der Waals surface area contributed by atoms with Gasteiger partial charge in [-0.3, -0.25) is 4.79 Å². The van der Waals surface area contributed by atoms with Crippen LogP contribution in [-0.2, 0) is 4.74 Å². The highest BCUT2D eigenvalue weighted by molar-refractivity contribution is 6.42. The topological polar surface area (TPSA) is 56.3 Å². The summed E-state index contributed by atoms with van der Waals surface area (Å²) in [6, 6.07) is 9.30. The number of hydrogen-bond acceptors (Lipinski definition) is 4. The molecule has 0 spiro atoms. The molecule has 0 radical (unpaired) electrons. The molecule has 0 aliphatic heterocycles. The summed E-state index contributed by atoms with van der Waals surface area (Å²) in [4.78, 5) is 27.3. The SMILES string of the molecule is O=C(COC(=O)c1ccccn1)c1ccc(Cl)c(Cl)c1. The van der Waals surface area contributed by atoms with E-state index < -0.39 is 5.97 Å². The Balaban J connectivity index is 1.98. The molecule has 0 atom stereocenters. The number of aromatic nitrogens is 1. The van der Waals surface area contributed by atoms with Crippen LogP contribution in [0.2, 0.25) is 10.0 Å². The Labute approximate surface area is 125 Å². The van der Waals surface area contributed by atoms with Crippen molar-refractivity contribution in [3.63, 3.8) is 0 Å². The second kappa shape index (κ2) is 6.50. The molecule has 0 unspecified atom stereocenters. The number of hydrogen-bond donors (Lipinski definition) is 0. The van der Waals surface area contributed by atoms with Crippen LogP contribution in [0.1, 0.15) is 20.8 Å². The monoisotopic (exact) mass is 309 g/mol. The largest absolute Gasteiger partial charge is 0.453 e. The maximum absolute atomic E-state index is 11.8. The van der Waals surface area contributed by atoms with Gasteiger partial charge >= 0.3 is 5.97 Å². The van der Waals surface area contributed by atoms with Crippen LogP contribution >= 0.6 is 23.2 Å². The Bertz CT molecular complexity index is 644. The number of pyridine rings is 1. The summed E-state index contributed by atoms with van der Waals surface area (Å²) in [6.45, 7) is -0.382. The molecule has 1 aromatic carbocycles. The lowest BCUT2D eigenvalue weighted by Crippen LogP contribution is -2.15. The van der Waals surface area contributed by atoms with E-state index in [1.165, 1.54) is 30.5 Å². The second-order valence-electron chi connectivity index (χ2n) is 3.84. The molecule has 0 saturated heterocycles. The van der Waals surface area contributed by atoms with Crippen molar-refractivity contribution in [3.05, 3.63) is 63.9 Å². The molecule has 0 amide bonds. The standard InChI is InChI=1S/C14H9Cl2NO3/c15-10-5-4-9(7-11(10)16)13(18)8-20-14(19)12-3-1-2-6-17-12/h1-7H,8H2. The first-order valence-electron chi connectivity index (χ1n) is 5.64. The minimum Gasteiger partial charge on any atom is -0.453 e. The summed E-state index contributed by atoms with van der Waals surface area (Å²) in [5, 5.41) is 0.627. The zero-order chi connectivity index (χ0) is 14.5. The number of esters is 1. The van der Waals surface area contributed by atoms with Crippen molar-refractivity contribution < 1.29 is 14.3 Å². The van der Waals surface area contributed by atoms with E-state index in [-0.39, 0.29) is 23.1 Å². The van der Waals surface area contributed by atoms with Crippen LogP contribution in [0.4, 0.5) is 0 Å². The van der Waals surface area contributed by atoms with Crippen molar-refractivity contribution in [3.8, 4) is 0 Å². The smallest absolute Gasteiger partial charge is 0.357 e. The molecule has 6 heteroatoms. The average molecular weight is 310 g/mol. The number of benzene rings is 1. The van der Waals surface area contributed by atoms with E-state index in [2.05, 4.69) is 4.98 Å². The maximum Gasteiger partial charge on any atom is 0.357 e. The Morgan fingerprint density at radius 1 is 1.10 bits per heavy atom. The van der Waals surface area contributed by atoms with Crippen LogP contribution in [0.15, 0.2) is 42.6 Å². The molecule has 1 aromatic heterocycles. The first-order chi connectivity index (χ1) is 9.58. The number of ether oxygens (including phenoxy) is 1. The van der Waals surface area contributed by atoms with Crippen LogP contribution in [0.5, 0.6) is 0 Å². The quantitative estimate of drug-likeness (QED) is 0.641. The summed E-state index contributed by atoms with van der Waals surface area (Å²) >= 11 is 11.6. The third kappa shape index (κ3) is 3.56. The van der Waals surface area contributed by atoms with Gasteiger partial charge in [-0.05, 0) is 30.3 Å². The predicted octanol–water partition coefficient (Wildman–Crippen LogP) is 3.43. The lowest BCUT2D eigenvalue weighted by Gasteiger charge is -2.04. The molecule has 2 rings (SSSR count). The molecule has 0 aliphatic rings. The zero-order valence-electron chi connectivity index (χ0n) is 10.2. The minimum atomic E-state index is -0.654. The van der Waals surface area contributed by atoms with Gasteiger partial charge in [-0.15, -0.1) is 0 Å². The van der Waals surface area contributed by atoms with Crippen LogP contribution in [0, 0.1) is 0 Å². The van der Waals surface area contributed by atoms with Crippen molar-refractivity contribution in [2.45, 2.75) is 0 Å². The second-order valence-corrected chi connectivity index (χ2v) is 4.66. The van der Waals surface area contributed by atoms with Crippen molar-refractivity contribution in [1.29, 1.82) is 0 Å². The Kier molecular flexibility index (Phi) is 4.71. The summed E-state index contributed by atoms with van der Waals surface area (Å²) in [7, 11) is 0. The maximum atomic E-state index is 11.8. The van der Waals surface area contributed by atoms with Crippen molar-refractivity contribution >= 4 is 35.0 Å². The first-order valence-corrected chi connectivity index (χ1v) is 6.40. The first kappa shape index (κ1) is 14.5. The normalized spacial score (nSPS) is 10.1. The van der Waals surface area contributed by atoms with Crippen molar-refractivity contribution in [1.82, 2.24) is 4.98 Å². The fourth-order valence-electron chi connectivity index (χ4n) is 1.44. The number of carbonyl (C=O) groups excluding carboxylic acids is 2. The number of ketones is 1. The van der Waals surface area contributed by atoms with Gasteiger partial charge in [-0.1, -0.05) is 29.3 Å². The molecule has 0 bridgehead atoms. The number of carbonyl (C=O) groups is 2.